The fraction of sp³-hybridized carbons (Fsp3) is 0.278. The number of fused-ring (bicyclic) bond motifs is 1. The molecule has 6 heteroatoms. The summed E-state index contributed by atoms with van der Waals surface area (Å²) in [4.78, 5) is 13.8. The molecule has 0 unspecified atom stereocenters. The first kappa shape index (κ1) is 16.9. The maximum absolute atomic E-state index is 12.1. The number of amides is 1. The molecule has 0 fully saturated rings. The maximum atomic E-state index is 12.1. The van der Waals surface area contributed by atoms with Crippen molar-refractivity contribution in [3.8, 4) is 11.5 Å². The number of carbonyl (C=O) groups is 1. The molecule has 1 aliphatic rings. The highest BCUT2D eigenvalue weighted by Gasteiger charge is 2.25. The molecule has 0 bridgehead atoms. The molecule has 2 aromatic carbocycles. The molecule has 0 aliphatic carbocycles. The summed E-state index contributed by atoms with van der Waals surface area (Å²) in [6.45, 7) is 1.26. The molecule has 126 valence electrons. The van der Waals surface area contributed by atoms with Gasteiger partial charge in [-0.25, -0.2) is 0 Å². The van der Waals surface area contributed by atoms with Gasteiger partial charge >= 0.3 is 0 Å². The Labute approximate surface area is 150 Å². The van der Waals surface area contributed by atoms with Crippen molar-refractivity contribution in [3.63, 3.8) is 0 Å². The van der Waals surface area contributed by atoms with E-state index in [0.717, 1.165) is 24.3 Å². The SMILES string of the molecule is O=C1COc2ccc(Cl)cc2N1CCCCOc1ccc(Cl)cc1. The third-order valence-corrected chi connectivity index (χ3v) is 4.21. The Morgan fingerprint density at radius 3 is 2.58 bits per heavy atom. The van der Waals surface area contributed by atoms with Crippen molar-refractivity contribution in [1.29, 1.82) is 0 Å². The first-order valence-electron chi connectivity index (χ1n) is 7.74. The fourth-order valence-corrected chi connectivity index (χ4v) is 2.81. The van der Waals surface area contributed by atoms with Crippen molar-refractivity contribution in [2.24, 2.45) is 0 Å². The van der Waals surface area contributed by atoms with Crippen LogP contribution >= 0.6 is 23.2 Å². The van der Waals surface area contributed by atoms with E-state index >= 15 is 0 Å². The topological polar surface area (TPSA) is 38.8 Å². The molecule has 0 aromatic heterocycles. The molecule has 1 aliphatic heterocycles. The van der Waals surface area contributed by atoms with E-state index in [-0.39, 0.29) is 12.5 Å². The second-order valence-corrected chi connectivity index (χ2v) is 6.33. The van der Waals surface area contributed by atoms with Crippen LogP contribution in [0.3, 0.4) is 0 Å². The van der Waals surface area contributed by atoms with Crippen molar-refractivity contribution in [2.45, 2.75) is 12.8 Å². The Balaban J connectivity index is 1.50. The van der Waals surface area contributed by atoms with Crippen LogP contribution in [-0.2, 0) is 4.79 Å². The van der Waals surface area contributed by atoms with Gasteiger partial charge in [0.05, 0.1) is 12.3 Å². The first-order valence-corrected chi connectivity index (χ1v) is 8.50. The number of hydrogen-bond donors (Lipinski definition) is 0. The van der Waals surface area contributed by atoms with Gasteiger partial charge in [0.2, 0.25) is 0 Å². The molecule has 1 heterocycles. The van der Waals surface area contributed by atoms with E-state index in [4.69, 9.17) is 32.7 Å². The fourth-order valence-electron chi connectivity index (χ4n) is 2.51. The van der Waals surface area contributed by atoms with Gasteiger partial charge in [-0.3, -0.25) is 4.79 Å². The zero-order valence-corrected chi connectivity index (χ0v) is 14.5. The highest BCUT2D eigenvalue weighted by atomic mass is 35.5. The van der Waals surface area contributed by atoms with E-state index in [0.29, 0.717) is 28.9 Å². The number of nitrogens with zero attached hydrogens (tertiary/aromatic N) is 1. The normalized spacial score (nSPS) is 13.4. The van der Waals surface area contributed by atoms with Gasteiger partial charge in [-0.1, -0.05) is 23.2 Å². The third kappa shape index (κ3) is 4.13. The van der Waals surface area contributed by atoms with Gasteiger partial charge < -0.3 is 14.4 Å². The molecule has 0 radical (unpaired) electrons. The first-order chi connectivity index (χ1) is 11.6. The largest absolute Gasteiger partial charge is 0.494 e. The van der Waals surface area contributed by atoms with Crippen LogP contribution in [0, 0.1) is 0 Å². The van der Waals surface area contributed by atoms with Crippen molar-refractivity contribution in [1.82, 2.24) is 0 Å². The molecule has 0 spiro atoms. The van der Waals surface area contributed by atoms with Crippen LogP contribution < -0.4 is 14.4 Å². The summed E-state index contributed by atoms with van der Waals surface area (Å²) in [6, 6.07) is 12.6. The standard InChI is InChI=1S/C18H17Cl2NO3/c19-13-3-6-15(7-4-13)23-10-2-1-9-21-16-11-14(20)5-8-17(16)24-12-18(21)22/h3-8,11H,1-2,9-10,12H2. The minimum Gasteiger partial charge on any atom is -0.494 e. The smallest absolute Gasteiger partial charge is 0.265 e. The lowest BCUT2D eigenvalue weighted by Crippen LogP contribution is -2.39. The van der Waals surface area contributed by atoms with Crippen molar-refractivity contribution < 1.29 is 14.3 Å². The summed E-state index contributed by atoms with van der Waals surface area (Å²) in [6.07, 6.45) is 1.66. The van der Waals surface area contributed by atoms with E-state index in [1.807, 2.05) is 12.1 Å². The zero-order chi connectivity index (χ0) is 16.9. The molecular weight excluding hydrogens is 349 g/mol. The number of carbonyl (C=O) groups excluding carboxylic acids is 1. The lowest BCUT2D eigenvalue weighted by Gasteiger charge is -2.29. The number of halogens is 2. The second-order valence-electron chi connectivity index (χ2n) is 5.46. The summed E-state index contributed by atoms with van der Waals surface area (Å²) in [5.74, 6) is 1.43. The van der Waals surface area contributed by atoms with Crippen LogP contribution in [0.5, 0.6) is 11.5 Å². The van der Waals surface area contributed by atoms with E-state index < -0.39 is 0 Å². The number of rotatable bonds is 6. The van der Waals surface area contributed by atoms with Crippen molar-refractivity contribution in [2.75, 3.05) is 24.7 Å². The number of unbranched alkanes of at least 4 members (excludes halogenated alkanes) is 1. The average molecular weight is 366 g/mol. The van der Waals surface area contributed by atoms with Crippen LogP contribution in [0.2, 0.25) is 10.0 Å². The quantitative estimate of drug-likeness (QED) is 0.703. The van der Waals surface area contributed by atoms with Gasteiger partial charge in [0.15, 0.2) is 6.61 Å². The minimum atomic E-state index is -0.0524. The van der Waals surface area contributed by atoms with Crippen LogP contribution in [0.4, 0.5) is 5.69 Å². The number of ether oxygens (including phenoxy) is 2. The van der Waals surface area contributed by atoms with Gasteiger partial charge in [-0.15, -0.1) is 0 Å². The molecule has 0 saturated carbocycles. The summed E-state index contributed by atoms with van der Waals surface area (Å²) < 4.78 is 11.1. The maximum Gasteiger partial charge on any atom is 0.265 e. The Bertz CT molecular complexity index is 719. The van der Waals surface area contributed by atoms with Gasteiger partial charge in [0.25, 0.3) is 5.91 Å². The van der Waals surface area contributed by atoms with Crippen LogP contribution in [-0.4, -0.2) is 25.7 Å². The van der Waals surface area contributed by atoms with Crippen molar-refractivity contribution in [3.05, 3.63) is 52.5 Å². The molecule has 0 N–H and O–H groups in total. The van der Waals surface area contributed by atoms with Gasteiger partial charge in [0, 0.05) is 16.6 Å². The Morgan fingerprint density at radius 1 is 1.04 bits per heavy atom. The zero-order valence-electron chi connectivity index (χ0n) is 13.0. The number of benzene rings is 2. The predicted molar refractivity (Wildman–Crippen MR) is 95.5 cm³/mol. The second kappa shape index (κ2) is 7.77. The minimum absolute atomic E-state index is 0.0524. The Kier molecular flexibility index (Phi) is 5.48. The predicted octanol–water partition coefficient (Wildman–Crippen LogP) is 4.58. The summed E-state index contributed by atoms with van der Waals surface area (Å²) in [7, 11) is 0. The monoisotopic (exact) mass is 365 g/mol. The lowest BCUT2D eigenvalue weighted by molar-refractivity contribution is -0.121. The third-order valence-electron chi connectivity index (χ3n) is 3.72. The van der Waals surface area contributed by atoms with Crippen LogP contribution in [0.25, 0.3) is 0 Å². The molecule has 24 heavy (non-hydrogen) atoms. The molecule has 4 nitrogen and oxygen atoms in total. The summed E-state index contributed by atoms with van der Waals surface area (Å²) >= 11 is 11.9. The lowest BCUT2D eigenvalue weighted by atomic mass is 10.2. The van der Waals surface area contributed by atoms with E-state index in [1.165, 1.54) is 0 Å². The molecule has 3 rings (SSSR count). The molecule has 0 atom stereocenters. The molecule has 1 amide bonds. The molecular formula is C18H17Cl2NO3. The Morgan fingerprint density at radius 2 is 1.79 bits per heavy atom. The molecule has 2 aromatic rings. The van der Waals surface area contributed by atoms with Crippen LogP contribution in [0.15, 0.2) is 42.5 Å². The van der Waals surface area contributed by atoms with Crippen LogP contribution in [0.1, 0.15) is 12.8 Å². The van der Waals surface area contributed by atoms with Gasteiger partial charge in [-0.2, -0.15) is 0 Å². The molecule has 0 saturated heterocycles. The van der Waals surface area contributed by atoms with Crippen molar-refractivity contribution >= 4 is 34.8 Å². The highest BCUT2D eigenvalue weighted by Crippen LogP contribution is 2.34. The number of anilines is 1. The van der Waals surface area contributed by atoms with Gasteiger partial charge in [0.1, 0.15) is 11.5 Å². The van der Waals surface area contributed by atoms with Gasteiger partial charge in [-0.05, 0) is 55.3 Å². The average Bonchev–Trinajstić information content (AvgIpc) is 2.58. The van der Waals surface area contributed by atoms with E-state index in [1.54, 1.807) is 35.2 Å². The van der Waals surface area contributed by atoms with E-state index in [9.17, 15) is 4.79 Å². The highest BCUT2D eigenvalue weighted by molar-refractivity contribution is 6.31. The Hall–Kier alpha value is -1.91. The number of hydrogen-bond acceptors (Lipinski definition) is 3. The summed E-state index contributed by atoms with van der Waals surface area (Å²) in [5, 5.41) is 1.27. The summed E-state index contributed by atoms with van der Waals surface area (Å²) in [5.41, 5.74) is 0.734. The van der Waals surface area contributed by atoms with E-state index in [2.05, 4.69) is 0 Å².